The number of hydrogen-bond acceptors (Lipinski definition) is 5. The van der Waals surface area contributed by atoms with Gasteiger partial charge in [0.15, 0.2) is 28.8 Å². The Morgan fingerprint density at radius 1 is 1.09 bits per heavy atom. The summed E-state index contributed by atoms with van der Waals surface area (Å²) in [5.41, 5.74) is 0.969. The molecule has 0 aliphatic heterocycles. The maximum absolute atomic E-state index is 12.2. The number of hydrogen-bond donors (Lipinski definition) is 2. The Hall–Kier alpha value is -2.66. The van der Waals surface area contributed by atoms with E-state index in [2.05, 4.69) is 0 Å². The third-order valence-electron chi connectivity index (χ3n) is 3.16. The van der Waals surface area contributed by atoms with Gasteiger partial charge in [-0.05, 0) is 42.0 Å². The van der Waals surface area contributed by atoms with Crippen molar-refractivity contribution in [2.75, 3.05) is 14.2 Å². The van der Waals surface area contributed by atoms with Crippen LogP contribution in [-0.4, -0.2) is 30.2 Å². The molecule has 0 unspecified atom stereocenters. The van der Waals surface area contributed by atoms with E-state index in [-0.39, 0.29) is 33.8 Å². The van der Waals surface area contributed by atoms with Crippen molar-refractivity contribution in [3.8, 4) is 23.0 Å². The zero-order valence-corrected chi connectivity index (χ0v) is 13.3. The molecule has 0 aliphatic rings. The van der Waals surface area contributed by atoms with E-state index in [9.17, 15) is 15.0 Å². The topological polar surface area (TPSA) is 76.0 Å². The van der Waals surface area contributed by atoms with Gasteiger partial charge in [0.2, 0.25) is 0 Å². The molecule has 0 heterocycles. The van der Waals surface area contributed by atoms with Gasteiger partial charge in [-0.1, -0.05) is 17.7 Å². The van der Waals surface area contributed by atoms with E-state index in [0.717, 1.165) is 0 Å². The van der Waals surface area contributed by atoms with Gasteiger partial charge >= 0.3 is 0 Å². The van der Waals surface area contributed by atoms with Crippen LogP contribution < -0.4 is 9.47 Å². The van der Waals surface area contributed by atoms with Gasteiger partial charge in [-0.25, -0.2) is 0 Å². The van der Waals surface area contributed by atoms with Crippen LogP contribution in [0, 0.1) is 0 Å². The van der Waals surface area contributed by atoms with Crippen LogP contribution >= 0.6 is 11.6 Å². The second kappa shape index (κ2) is 7.07. The fraction of sp³-hybridized carbons (Fsp3) is 0.118. The monoisotopic (exact) mass is 334 g/mol. The number of carbonyl (C=O) groups excluding carboxylic acids is 1. The molecule has 5 nitrogen and oxygen atoms in total. The lowest BCUT2D eigenvalue weighted by molar-refractivity contribution is 0.104. The van der Waals surface area contributed by atoms with Crippen molar-refractivity contribution in [3.05, 3.63) is 52.6 Å². The molecule has 0 fully saturated rings. The summed E-state index contributed by atoms with van der Waals surface area (Å²) in [7, 11) is 2.82. The summed E-state index contributed by atoms with van der Waals surface area (Å²) in [5.74, 6) is -0.0232. The second-order valence-electron chi connectivity index (χ2n) is 4.64. The largest absolute Gasteiger partial charge is 0.504 e. The van der Waals surface area contributed by atoms with E-state index in [4.69, 9.17) is 21.1 Å². The molecule has 0 atom stereocenters. The summed E-state index contributed by atoms with van der Waals surface area (Å²) in [5, 5.41) is 19.3. The minimum Gasteiger partial charge on any atom is -0.504 e. The maximum Gasteiger partial charge on any atom is 0.185 e. The average molecular weight is 335 g/mol. The first-order chi connectivity index (χ1) is 11.0. The molecule has 6 heteroatoms. The summed E-state index contributed by atoms with van der Waals surface area (Å²) in [4.78, 5) is 12.2. The molecular weight excluding hydrogens is 320 g/mol. The molecule has 0 saturated heterocycles. The van der Waals surface area contributed by atoms with Crippen LogP contribution in [-0.2, 0) is 0 Å². The molecule has 0 aliphatic carbocycles. The standard InChI is InChI=1S/C17H15ClO5/c1-22-15-9-11(4-6-14(15)20)13(19)5-3-10-7-12(18)17(21)16(8-10)23-2/h3-9,20-21H,1-2H3. The highest BCUT2D eigenvalue weighted by atomic mass is 35.5. The van der Waals surface area contributed by atoms with E-state index in [0.29, 0.717) is 11.1 Å². The number of ketones is 1. The third-order valence-corrected chi connectivity index (χ3v) is 3.45. The Labute approximate surface area is 138 Å². The number of ether oxygens (including phenoxy) is 2. The number of benzene rings is 2. The van der Waals surface area contributed by atoms with E-state index in [1.54, 1.807) is 12.1 Å². The summed E-state index contributed by atoms with van der Waals surface area (Å²) >= 11 is 5.89. The number of halogens is 1. The molecule has 2 aromatic rings. The van der Waals surface area contributed by atoms with E-state index in [1.807, 2.05) is 0 Å². The van der Waals surface area contributed by atoms with E-state index < -0.39 is 0 Å². The number of methoxy groups -OCH3 is 2. The lowest BCUT2D eigenvalue weighted by atomic mass is 10.1. The van der Waals surface area contributed by atoms with Crippen molar-refractivity contribution in [2.45, 2.75) is 0 Å². The van der Waals surface area contributed by atoms with Crippen molar-refractivity contribution >= 4 is 23.5 Å². The summed E-state index contributed by atoms with van der Waals surface area (Å²) < 4.78 is 9.97. The number of carbonyl (C=O) groups is 1. The van der Waals surface area contributed by atoms with Crippen LogP contribution in [0.1, 0.15) is 15.9 Å². The van der Waals surface area contributed by atoms with Crippen molar-refractivity contribution in [2.24, 2.45) is 0 Å². The minimum atomic E-state index is -0.272. The third kappa shape index (κ3) is 3.76. The number of phenols is 2. The van der Waals surface area contributed by atoms with Crippen LogP contribution in [0.4, 0.5) is 0 Å². The van der Waals surface area contributed by atoms with E-state index >= 15 is 0 Å². The SMILES string of the molecule is COc1cc(C(=O)C=Cc2cc(Cl)c(O)c(OC)c2)ccc1O. The van der Waals surface area contributed by atoms with Crippen LogP contribution in [0.15, 0.2) is 36.4 Å². The summed E-state index contributed by atoms with van der Waals surface area (Å²) in [6.45, 7) is 0. The number of phenolic OH excluding ortho intramolecular Hbond substituents is 2. The van der Waals surface area contributed by atoms with Crippen LogP contribution in [0.5, 0.6) is 23.0 Å². The molecule has 0 amide bonds. The molecule has 0 saturated carbocycles. The summed E-state index contributed by atoms with van der Waals surface area (Å²) in [6.07, 6.45) is 2.91. The molecule has 120 valence electrons. The van der Waals surface area contributed by atoms with Gasteiger partial charge in [0.1, 0.15) is 0 Å². The zero-order chi connectivity index (χ0) is 17.0. The highest BCUT2D eigenvalue weighted by molar-refractivity contribution is 6.32. The maximum atomic E-state index is 12.2. The number of allylic oxidation sites excluding steroid dienone is 1. The number of rotatable bonds is 5. The Morgan fingerprint density at radius 2 is 1.78 bits per heavy atom. The Bertz CT molecular complexity index is 768. The first kappa shape index (κ1) is 16.7. The van der Waals surface area contributed by atoms with Gasteiger partial charge in [-0.3, -0.25) is 4.79 Å². The van der Waals surface area contributed by atoms with Crippen LogP contribution in [0.25, 0.3) is 6.08 Å². The first-order valence-corrected chi connectivity index (χ1v) is 7.00. The molecule has 0 bridgehead atoms. The molecule has 0 radical (unpaired) electrons. The second-order valence-corrected chi connectivity index (χ2v) is 5.05. The Morgan fingerprint density at radius 3 is 2.43 bits per heavy atom. The predicted octanol–water partition coefficient (Wildman–Crippen LogP) is 3.66. The van der Waals surface area contributed by atoms with Crippen LogP contribution in [0.2, 0.25) is 5.02 Å². The van der Waals surface area contributed by atoms with Crippen molar-refractivity contribution in [1.29, 1.82) is 0 Å². The molecule has 2 rings (SSSR count). The highest BCUT2D eigenvalue weighted by Crippen LogP contribution is 2.35. The molecular formula is C17H15ClO5. The lowest BCUT2D eigenvalue weighted by Crippen LogP contribution is -1.95. The Kier molecular flexibility index (Phi) is 5.13. The lowest BCUT2D eigenvalue weighted by Gasteiger charge is -2.06. The normalized spacial score (nSPS) is 10.7. The average Bonchev–Trinajstić information content (AvgIpc) is 2.55. The molecule has 23 heavy (non-hydrogen) atoms. The quantitative estimate of drug-likeness (QED) is 0.644. The Balaban J connectivity index is 2.26. The smallest absolute Gasteiger partial charge is 0.185 e. The first-order valence-electron chi connectivity index (χ1n) is 6.62. The van der Waals surface area contributed by atoms with Crippen LogP contribution in [0.3, 0.4) is 0 Å². The summed E-state index contributed by atoms with van der Waals surface area (Å²) in [6, 6.07) is 7.41. The fourth-order valence-corrected chi connectivity index (χ4v) is 2.16. The predicted molar refractivity (Wildman–Crippen MR) is 87.7 cm³/mol. The highest BCUT2D eigenvalue weighted by Gasteiger charge is 2.09. The molecule has 0 aromatic heterocycles. The van der Waals surface area contributed by atoms with E-state index in [1.165, 1.54) is 44.6 Å². The van der Waals surface area contributed by atoms with Crippen molar-refractivity contribution in [3.63, 3.8) is 0 Å². The van der Waals surface area contributed by atoms with Gasteiger partial charge in [0.25, 0.3) is 0 Å². The number of aromatic hydroxyl groups is 2. The van der Waals surface area contributed by atoms with Crippen molar-refractivity contribution < 1.29 is 24.5 Å². The van der Waals surface area contributed by atoms with Gasteiger partial charge < -0.3 is 19.7 Å². The van der Waals surface area contributed by atoms with Crippen molar-refractivity contribution in [1.82, 2.24) is 0 Å². The zero-order valence-electron chi connectivity index (χ0n) is 12.5. The van der Waals surface area contributed by atoms with Gasteiger partial charge in [0.05, 0.1) is 19.2 Å². The molecule has 0 spiro atoms. The van der Waals surface area contributed by atoms with Gasteiger partial charge in [0, 0.05) is 5.56 Å². The van der Waals surface area contributed by atoms with Gasteiger partial charge in [-0.2, -0.15) is 0 Å². The molecule has 2 aromatic carbocycles. The van der Waals surface area contributed by atoms with Gasteiger partial charge in [-0.15, -0.1) is 0 Å². The minimum absolute atomic E-state index is 0.0388. The fourth-order valence-electron chi connectivity index (χ4n) is 1.94. The molecule has 2 N–H and O–H groups in total.